The molecule has 0 radical (unpaired) electrons. The van der Waals surface area contributed by atoms with Gasteiger partial charge in [0.15, 0.2) is 0 Å². The van der Waals surface area contributed by atoms with Gasteiger partial charge in [0.05, 0.1) is 19.7 Å². The predicted molar refractivity (Wildman–Crippen MR) is 72.7 cm³/mol. The summed E-state index contributed by atoms with van der Waals surface area (Å²) >= 11 is 0. The van der Waals surface area contributed by atoms with Crippen molar-refractivity contribution in [1.29, 1.82) is 0 Å². The van der Waals surface area contributed by atoms with Crippen molar-refractivity contribution in [2.24, 2.45) is 0 Å². The number of methoxy groups -OCH3 is 1. The maximum atomic E-state index is 12.2. The van der Waals surface area contributed by atoms with Crippen LogP contribution in [0.15, 0.2) is 16.9 Å². The fourth-order valence-electron chi connectivity index (χ4n) is 1.54. The van der Waals surface area contributed by atoms with Crippen LogP contribution >= 0.6 is 0 Å². The third-order valence-electron chi connectivity index (χ3n) is 2.49. The zero-order valence-electron chi connectivity index (χ0n) is 11.5. The van der Waals surface area contributed by atoms with E-state index in [2.05, 4.69) is 11.0 Å². The third kappa shape index (κ3) is 4.74. The molecule has 0 saturated heterocycles. The van der Waals surface area contributed by atoms with Crippen molar-refractivity contribution in [1.82, 2.24) is 14.7 Å². The van der Waals surface area contributed by atoms with Crippen LogP contribution in [0.5, 0.6) is 0 Å². The van der Waals surface area contributed by atoms with Crippen LogP contribution in [0.1, 0.15) is 10.5 Å². The molecule has 0 aliphatic carbocycles. The zero-order chi connectivity index (χ0) is 15.8. The summed E-state index contributed by atoms with van der Waals surface area (Å²) in [5.74, 6) is 0.370. The number of nitrogens with zero attached hydrogens (tertiary/aromatic N) is 3. The number of hydrogen-bond donors (Lipinski definition) is 1. The highest BCUT2D eigenvalue weighted by molar-refractivity contribution is 5.94. The van der Waals surface area contributed by atoms with Crippen molar-refractivity contribution < 1.29 is 19.4 Å². The molecule has 0 atom stereocenters. The molecule has 112 valence electrons. The molecule has 0 aliphatic rings. The summed E-state index contributed by atoms with van der Waals surface area (Å²) in [5.41, 5.74) is -0.437. The fraction of sp³-hybridized carbons (Fsp3) is 0.385. The minimum atomic E-state index is -1.19. The zero-order valence-corrected chi connectivity index (χ0v) is 11.5. The van der Waals surface area contributed by atoms with Crippen LogP contribution in [0, 0.1) is 12.3 Å². The van der Waals surface area contributed by atoms with Crippen molar-refractivity contribution in [2.45, 2.75) is 6.54 Å². The molecule has 0 aliphatic heterocycles. The molecule has 1 heterocycles. The lowest BCUT2D eigenvalue weighted by molar-refractivity contribution is -0.137. The summed E-state index contributed by atoms with van der Waals surface area (Å²) in [6.45, 7) is -0.260. The van der Waals surface area contributed by atoms with E-state index in [1.54, 1.807) is 0 Å². The van der Waals surface area contributed by atoms with Crippen LogP contribution in [-0.2, 0) is 16.1 Å². The Labute approximate surface area is 120 Å². The first-order chi connectivity index (χ1) is 9.99. The molecule has 21 heavy (non-hydrogen) atoms. The average molecular weight is 293 g/mol. The lowest BCUT2D eigenvalue weighted by Gasteiger charge is -2.17. The molecule has 0 aromatic carbocycles. The molecular weight excluding hydrogens is 278 g/mol. The lowest BCUT2D eigenvalue weighted by Crippen LogP contribution is -2.37. The van der Waals surface area contributed by atoms with Crippen molar-refractivity contribution >= 4 is 11.9 Å². The molecule has 8 nitrogen and oxygen atoms in total. The first-order valence-corrected chi connectivity index (χ1v) is 6.01. The summed E-state index contributed by atoms with van der Waals surface area (Å²) in [6, 6.07) is 2.42. The Morgan fingerprint density at radius 2 is 2.24 bits per heavy atom. The van der Waals surface area contributed by atoms with Crippen LogP contribution in [0.4, 0.5) is 0 Å². The van der Waals surface area contributed by atoms with E-state index in [9.17, 15) is 14.4 Å². The third-order valence-corrected chi connectivity index (χ3v) is 2.49. The Bertz CT molecular complexity index is 617. The van der Waals surface area contributed by atoms with Crippen LogP contribution in [-0.4, -0.2) is 58.5 Å². The van der Waals surface area contributed by atoms with Gasteiger partial charge in [-0.15, -0.1) is 6.42 Å². The van der Waals surface area contributed by atoms with Crippen LogP contribution in [0.2, 0.25) is 0 Å². The Balaban J connectivity index is 3.02. The molecule has 1 rings (SSSR count). The monoisotopic (exact) mass is 293 g/mol. The van der Waals surface area contributed by atoms with Crippen molar-refractivity contribution in [3.05, 3.63) is 28.2 Å². The van der Waals surface area contributed by atoms with Crippen LogP contribution < -0.4 is 5.56 Å². The fourth-order valence-corrected chi connectivity index (χ4v) is 1.54. The van der Waals surface area contributed by atoms with Gasteiger partial charge < -0.3 is 14.7 Å². The first-order valence-electron chi connectivity index (χ1n) is 6.01. The molecule has 1 N–H and O–H groups in total. The largest absolute Gasteiger partial charge is 0.480 e. The molecule has 1 aromatic heterocycles. The molecule has 1 aromatic rings. The molecule has 0 saturated carbocycles. The number of carboxylic acids is 1. The molecule has 0 spiro atoms. The molecule has 0 unspecified atom stereocenters. The maximum absolute atomic E-state index is 12.2. The number of aliphatic carboxylic acids is 1. The summed E-state index contributed by atoms with van der Waals surface area (Å²) in [6.07, 6.45) is 5.11. The van der Waals surface area contributed by atoms with Gasteiger partial charge in [-0.25, -0.2) is 4.68 Å². The maximum Gasteiger partial charge on any atom is 0.323 e. The Morgan fingerprint density at radius 1 is 1.52 bits per heavy atom. The Hall–Kier alpha value is -2.66. The average Bonchev–Trinajstić information content (AvgIpc) is 2.45. The SMILES string of the molecule is C#CCN(CC(=O)O)C(=O)c1ccc(=O)n(CCOC)n1. The number of hydrogen-bond acceptors (Lipinski definition) is 5. The minimum Gasteiger partial charge on any atom is -0.480 e. The summed E-state index contributed by atoms with van der Waals surface area (Å²) in [7, 11) is 1.47. The molecule has 0 fully saturated rings. The number of carbonyl (C=O) groups excluding carboxylic acids is 1. The van der Waals surface area contributed by atoms with Crippen molar-refractivity contribution in [2.75, 3.05) is 26.8 Å². The summed E-state index contributed by atoms with van der Waals surface area (Å²) < 4.78 is 5.92. The Morgan fingerprint density at radius 3 is 2.81 bits per heavy atom. The van der Waals surface area contributed by atoms with E-state index < -0.39 is 18.4 Å². The van der Waals surface area contributed by atoms with E-state index >= 15 is 0 Å². The minimum absolute atomic E-state index is 0.0535. The highest BCUT2D eigenvalue weighted by atomic mass is 16.5. The smallest absolute Gasteiger partial charge is 0.323 e. The number of amides is 1. The second kappa shape index (κ2) is 7.81. The van der Waals surface area contributed by atoms with Gasteiger partial charge >= 0.3 is 5.97 Å². The lowest BCUT2D eigenvalue weighted by atomic mass is 10.3. The normalized spacial score (nSPS) is 9.90. The topological polar surface area (TPSA) is 102 Å². The van der Waals surface area contributed by atoms with E-state index in [1.807, 2.05) is 0 Å². The Kier molecular flexibility index (Phi) is 6.10. The van der Waals surface area contributed by atoms with Gasteiger partial charge in [-0.2, -0.15) is 5.10 Å². The van der Waals surface area contributed by atoms with E-state index in [0.29, 0.717) is 0 Å². The molecule has 0 bridgehead atoms. The standard InChI is InChI=1S/C13H15N3O5/c1-3-6-15(9-12(18)19)13(20)10-4-5-11(17)16(14-10)7-8-21-2/h1,4-5H,6-9H2,2H3,(H,18,19). The van der Waals surface area contributed by atoms with Crippen LogP contribution in [0.3, 0.4) is 0 Å². The number of ether oxygens (including phenoxy) is 1. The number of carboxylic acid groups (broad SMARTS) is 1. The second-order valence-electron chi connectivity index (χ2n) is 4.03. The van der Waals surface area contributed by atoms with E-state index in [4.69, 9.17) is 16.3 Å². The molecule has 8 heteroatoms. The molecular formula is C13H15N3O5. The van der Waals surface area contributed by atoms with E-state index in [0.717, 1.165) is 9.58 Å². The van der Waals surface area contributed by atoms with E-state index in [1.165, 1.54) is 19.2 Å². The van der Waals surface area contributed by atoms with Gasteiger partial charge in [0.1, 0.15) is 12.2 Å². The first kappa shape index (κ1) is 16.4. The van der Waals surface area contributed by atoms with Gasteiger partial charge in [-0.1, -0.05) is 5.92 Å². The number of terminal acetylenes is 1. The predicted octanol–water partition coefficient (Wildman–Crippen LogP) is -0.950. The van der Waals surface area contributed by atoms with Gasteiger partial charge in [-0.3, -0.25) is 14.4 Å². The number of rotatable bonds is 7. The van der Waals surface area contributed by atoms with Crippen molar-refractivity contribution in [3.63, 3.8) is 0 Å². The van der Waals surface area contributed by atoms with Crippen molar-refractivity contribution in [3.8, 4) is 12.3 Å². The second-order valence-corrected chi connectivity index (χ2v) is 4.03. The summed E-state index contributed by atoms with van der Waals surface area (Å²) in [5, 5.41) is 12.7. The quantitative estimate of drug-likeness (QED) is 0.650. The number of aromatic nitrogens is 2. The van der Waals surface area contributed by atoms with Crippen LogP contribution in [0.25, 0.3) is 0 Å². The highest BCUT2D eigenvalue weighted by Crippen LogP contribution is 2.00. The van der Waals surface area contributed by atoms with E-state index in [-0.39, 0.29) is 30.9 Å². The highest BCUT2D eigenvalue weighted by Gasteiger charge is 2.19. The van der Waals surface area contributed by atoms with Gasteiger partial charge in [-0.05, 0) is 6.07 Å². The number of carbonyl (C=O) groups is 2. The van der Waals surface area contributed by atoms with Gasteiger partial charge in [0, 0.05) is 13.2 Å². The molecule has 1 amide bonds. The summed E-state index contributed by atoms with van der Waals surface area (Å²) in [4.78, 5) is 35.4. The van der Waals surface area contributed by atoms with Gasteiger partial charge in [0.2, 0.25) is 0 Å². The van der Waals surface area contributed by atoms with Gasteiger partial charge in [0.25, 0.3) is 11.5 Å².